The molecule has 0 amide bonds. The van der Waals surface area contributed by atoms with E-state index in [9.17, 15) is 34.9 Å². The molecule has 228 valence electrons. The van der Waals surface area contributed by atoms with Gasteiger partial charge in [0.1, 0.15) is 10.8 Å². The standard InChI is InChI=1S/C35H24N2O9/c38-18-21-17-34(30(39)24-11-1-2-12-25(24)31(34)40)29(20-8-6-10-23(16-20)37(45)46)35(28(21)19-7-5-9-22(15-19)36(43)44)32(41)26-13-3-4-14-27(26)33(35)42/h1-16,21,28-29,38H,17-18H2/t21-,28-,29+/m1/s1. The van der Waals surface area contributed by atoms with E-state index in [2.05, 4.69) is 0 Å². The summed E-state index contributed by atoms with van der Waals surface area (Å²) in [5.74, 6) is -6.68. The number of Topliss-reactive ketones (excluding diaryl/α,β-unsaturated/α-hetero) is 4. The number of non-ortho nitro benzene ring substituents is 2. The second-order valence-electron chi connectivity index (χ2n) is 12.0. The van der Waals surface area contributed by atoms with E-state index in [1.807, 2.05) is 0 Å². The Labute approximate surface area is 260 Å². The number of carbonyl (C=O) groups excluding carboxylic acids is 4. The quantitative estimate of drug-likeness (QED) is 0.172. The normalized spacial score (nSPS) is 22.2. The van der Waals surface area contributed by atoms with Crippen molar-refractivity contribution in [1.29, 1.82) is 0 Å². The number of carbonyl (C=O) groups is 4. The average Bonchev–Trinajstić information content (AvgIpc) is 3.41. The fraction of sp³-hybridized carbons (Fsp3) is 0.200. The molecule has 2 spiro atoms. The first kappa shape index (κ1) is 29.1. The minimum atomic E-state index is -2.30. The second kappa shape index (κ2) is 10.2. The Hall–Kier alpha value is -5.68. The number of aliphatic hydroxyl groups is 1. The molecule has 46 heavy (non-hydrogen) atoms. The van der Waals surface area contributed by atoms with Crippen LogP contribution in [0.1, 0.15) is 70.8 Å². The smallest absolute Gasteiger partial charge is 0.269 e. The van der Waals surface area contributed by atoms with Crippen molar-refractivity contribution in [3.8, 4) is 0 Å². The molecular formula is C35H24N2O9. The van der Waals surface area contributed by atoms with E-state index in [1.54, 1.807) is 24.3 Å². The van der Waals surface area contributed by atoms with Crippen LogP contribution in [0.4, 0.5) is 11.4 Å². The highest BCUT2D eigenvalue weighted by molar-refractivity contribution is 6.35. The molecule has 0 aromatic heterocycles. The van der Waals surface area contributed by atoms with Crippen LogP contribution in [0.5, 0.6) is 0 Å². The molecule has 0 aliphatic heterocycles. The lowest BCUT2D eigenvalue weighted by Crippen LogP contribution is -2.61. The number of ketones is 4. The highest BCUT2D eigenvalue weighted by atomic mass is 16.6. The zero-order chi connectivity index (χ0) is 32.5. The number of benzene rings is 4. The molecule has 0 saturated heterocycles. The first-order valence-electron chi connectivity index (χ1n) is 14.6. The van der Waals surface area contributed by atoms with Crippen LogP contribution in [0.15, 0.2) is 97.1 Å². The summed E-state index contributed by atoms with van der Waals surface area (Å²) in [5.41, 5.74) is -4.67. The van der Waals surface area contributed by atoms with Crippen molar-refractivity contribution in [1.82, 2.24) is 0 Å². The average molecular weight is 617 g/mol. The first-order chi connectivity index (χ1) is 22.1. The van der Waals surface area contributed by atoms with E-state index < -0.39 is 68.2 Å². The zero-order valence-electron chi connectivity index (χ0n) is 24.0. The molecule has 1 N–H and O–H groups in total. The fourth-order valence-corrected chi connectivity index (χ4v) is 8.37. The molecule has 0 radical (unpaired) electrons. The molecule has 1 fully saturated rings. The monoisotopic (exact) mass is 616 g/mol. The van der Waals surface area contributed by atoms with Crippen LogP contribution in [0.25, 0.3) is 0 Å². The van der Waals surface area contributed by atoms with Crippen molar-refractivity contribution < 1.29 is 34.1 Å². The van der Waals surface area contributed by atoms with Gasteiger partial charge < -0.3 is 5.11 Å². The highest BCUT2D eigenvalue weighted by Crippen LogP contribution is 2.70. The van der Waals surface area contributed by atoms with Crippen molar-refractivity contribution in [3.63, 3.8) is 0 Å². The summed E-state index contributed by atoms with van der Waals surface area (Å²) in [7, 11) is 0. The van der Waals surface area contributed by atoms with Gasteiger partial charge in [-0.15, -0.1) is 0 Å². The Kier molecular flexibility index (Phi) is 6.43. The van der Waals surface area contributed by atoms with Crippen molar-refractivity contribution >= 4 is 34.5 Å². The molecule has 3 aliphatic rings. The van der Waals surface area contributed by atoms with E-state index in [4.69, 9.17) is 0 Å². The van der Waals surface area contributed by atoms with Gasteiger partial charge in [-0.25, -0.2) is 0 Å². The summed E-state index contributed by atoms with van der Waals surface area (Å²) in [4.78, 5) is 82.2. The summed E-state index contributed by atoms with van der Waals surface area (Å²) in [6.07, 6.45) is -0.324. The lowest BCUT2D eigenvalue weighted by atomic mass is 9.42. The van der Waals surface area contributed by atoms with Gasteiger partial charge in [0.05, 0.1) is 9.85 Å². The molecule has 3 aliphatic carbocycles. The van der Waals surface area contributed by atoms with Crippen LogP contribution in [0, 0.1) is 37.0 Å². The van der Waals surface area contributed by atoms with E-state index in [0.29, 0.717) is 0 Å². The summed E-state index contributed by atoms with van der Waals surface area (Å²) >= 11 is 0. The van der Waals surface area contributed by atoms with Crippen LogP contribution in [-0.4, -0.2) is 44.7 Å². The molecular weight excluding hydrogens is 592 g/mol. The third kappa shape index (κ3) is 3.63. The molecule has 1 saturated carbocycles. The lowest BCUT2D eigenvalue weighted by molar-refractivity contribution is -0.385. The lowest BCUT2D eigenvalue weighted by Gasteiger charge is -2.55. The maximum atomic E-state index is 15.1. The van der Waals surface area contributed by atoms with Crippen LogP contribution in [-0.2, 0) is 0 Å². The van der Waals surface area contributed by atoms with E-state index in [0.717, 1.165) is 0 Å². The van der Waals surface area contributed by atoms with Crippen molar-refractivity contribution in [2.24, 2.45) is 16.7 Å². The van der Waals surface area contributed by atoms with Gasteiger partial charge in [0.25, 0.3) is 11.4 Å². The fourth-order valence-electron chi connectivity index (χ4n) is 8.37. The topological polar surface area (TPSA) is 175 Å². The third-order valence-corrected chi connectivity index (χ3v) is 9.98. The Morgan fingerprint density at radius 3 is 1.52 bits per heavy atom. The first-order valence-corrected chi connectivity index (χ1v) is 14.6. The summed E-state index contributed by atoms with van der Waals surface area (Å²) in [6.45, 7) is -0.674. The van der Waals surface area contributed by atoms with Crippen molar-refractivity contribution in [3.05, 3.63) is 151 Å². The molecule has 3 atom stereocenters. The zero-order valence-corrected chi connectivity index (χ0v) is 24.0. The van der Waals surface area contributed by atoms with Crippen LogP contribution >= 0.6 is 0 Å². The Morgan fingerprint density at radius 1 is 0.630 bits per heavy atom. The molecule has 11 nitrogen and oxygen atoms in total. The minimum absolute atomic E-state index is 0.0301. The van der Waals surface area contributed by atoms with Crippen LogP contribution in [0.3, 0.4) is 0 Å². The van der Waals surface area contributed by atoms with Gasteiger partial charge in [-0.3, -0.25) is 39.4 Å². The van der Waals surface area contributed by atoms with Crippen molar-refractivity contribution in [2.45, 2.75) is 18.3 Å². The number of nitrogens with zero attached hydrogens (tertiary/aromatic N) is 2. The van der Waals surface area contributed by atoms with Gasteiger partial charge in [0.15, 0.2) is 23.1 Å². The summed E-state index contributed by atoms with van der Waals surface area (Å²) < 4.78 is 0. The van der Waals surface area contributed by atoms with Gasteiger partial charge in [-0.1, -0.05) is 72.8 Å². The predicted molar refractivity (Wildman–Crippen MR) is 162 cm³/mol. The second-order valence-corrected chi connectivity index (χ2v) is 12.0. The number of fused-ring (bicyclic) bond motifs is 2. The van der Waals surface area contributed by atoms with Gasteiger partial charge >= 0.3 is 0 Å². The van der Waals surface area contributed by atoms with Gasteiger partial charge in [0, 0.05) is 65.0 Å². The Morgan fingerprint density at radius 2 is 1.07 bits per heavy atom. The third-order valence-electron chi connectivity index (χ3n) is 9.98. The van der Waals surface area contributed by atoms with Gasteiger partial charge in [0.2, 0.25) is 0 Å². The largest absolute Gasteiger partial charge is 0.396 e. The summed E-state index contributed by atoms with van der Waals surface area (Å²) in [6, 6.07) is 22.8. The van der Waals surface area contributed by atoms with Gasteiger partial charge in [-0.05, 0) is 23.5 Å². The highest BCUT2D eigenvalue weighted by Gasteiger charge is 2.75. The summed E-state index contributed by atoms with van der Waals surface area (Å²) in [5, 5.41) is 34.9. The number of nitro groups is 2. The molecule has 4 aromatic rings. The molecule has 4 aromatic carbocycles. The van der Waals surface area contributed by atoms with Crippen LogP contribution < -0.4 is 0 Å². The van der Waals surface area contributed by atoms with E-state index in [-0.39, 0.29) is 51.2 Å². The number of hydrogen-bond acceptors (Lipinski definition) is 9. The van der Waals surface area contributed by atoms with Gasteiger partial charge in [-0.2, -0.15) is 0 Å². The number of nitro benzene ring substituents is 2. The maximum absolute atomic E-state index is 15.1. The number of hydrogen-bond donors (Lipinski definition) is 1. The molecule has 0 unspecified atom stereocenters. The van der Waals surface area contributed by atoms with Crippen LogP contribution in [0.2, 0.25) is 0 Å². The minimum Gasteiger partial charge on any atom is -0.396 e. The maximum Gasteiger partial charge on any atom is 0.269 e. The molecule has 7 rings (SSSR count). The number of aliphatic hydroxyl groups excluding tert-OH is 1. The Bertz CT molecular complexity index is 1980. The number of rotatable bonds is 5. The predicted octanol–water partition coefficient (Wildman–Crippen LogP) is 5.51. The Balaban J connectivity index is 1.64. The molecule has 11 heteroatoms. The van der Waals surface area contributed by atoms with E-state index in [1.165, 1.54) is 72.8 Å². The van der Waals surface area contributed by atoms with E-state index >= 15 is 9.59 Å². The SMILES string of the molecule is O=C1c2ccccc2C(=O)C12C[C@H](CO)[C@@H](c1cccc([N+](=O)[O-])c1)C1(C(=O)c3ccccc3C1=O)[C@H]2c1cccc([N+](=O)[O-])c1. The molecule has 0 heterocycles. The van der Waals surface area contributed by atoms with Crippen molar-refractivity contribution in [2.75, 3.05) is 6.61 Å². The molecule has 0 bridgehead atoms.